The predicted molar refractivity (Wildman–Crippen MR) is 77.0 cm³/mol. The van der Waals surface area contributed by atoms with Crippen molar-refractivity contribution in [1.82, 2.24) is 10.2 Å². The quantitative estimate of drug-likeness (QED) is 0.595. The molecule has 0 radical (unpaired) electrons. The first-order valence-corrected chi connectivity index (χ1v) is 7.49. The van der Waals surface area contributed by atoms with Crippen LogP contribution < -0.4 is 5.32 Å². The molecule has 1 N–H and O–H groups in total. The Hall–Kier alpha value is -1.24. The number of ether oxygens (including phenoxy) is 1. The van der Waals surface area contributed by atoms with Crippen LogP contribution in [0.25, 0.3) is 0 Å². The van der Waals surface area contributed by atoms with Crippen molar-refractivity contribution in [2.75, 3.05) is 12.9 Å². The maximum Gasteiger partial charge on any atom is 0.328 e. The van der Waals surface area contributed by atoms with Gasteiger partial charge in [-0.05, 0) is 19.8 Å². The van der Waals surface area contributed by atoms with Gasteiger partial charge in [-0.25, -0.2) is 4.79 Å². The van der Waals surface area contributed by atoms with Crippen molar-refractivity contribution < 1.29 is 19.1 Å². The van der Waals surface area contributed by atoms with Gasteiger partial charge in [0.15, 0.2) is 0 Å². The Kier molecular flexibility index (Phi) is 5.44. The summed E-state index contributed by atoms with van der Waals surface area (Å²) in [5.74, 6) is -0.364. The lowest BCUT2D eigenvalue weighted by atomic mass is 10.0. The van der Waals surface area contributed by atoms with E-state index in [2.05, 4.69) is 10.1 Å². The van der Waals surface area contributed by atoms with E-state index in [-0.39, 0.29) is 11.8 Å². The molecule has 0 spiro atoms. The van der Waals surface area contributed by atoms with Crippen LogP contribution in [-0.4, -0.2) is 53.0 Å². The molecule has 0 aliphatic carbocycles. The molecular weight excluding hydrogens is 280 g/mol. The van der Waals surface area contributed by atoms with Gasteiger partial charge in [0, 0.05) is 5.75 Å². The van der Waals surface area contributed by atoms with E-state index in [4.69, 9.17) is 0 Å². The van der Waals surface area contributed by atoms with Gasteiger partial charge >= 0.3 is 5.97 Å². The molecule has 1 aliphatic heterocycles. The zero-order chi connectivity index (χ0) is 15.5. The molecular formula is C13H22N2O4S. The summed E-state index contributed by atoms with van der Waals surface area (Å²) in [6.45, 7) is 7.43. The SMILES string of the molecule is COC(=O)[C@@H](NC(=O)[C@H]1CSC(C)(C)N1C=O)C(C)C. The number of methoxy groups -OCH3 is 1. The highest BCUT2D eigenvalue weighted by Crippen LogP contribution is 2.37. The van der Waals surface area contributed by atoms with Gasteiger partial charge in [-0.1, -0.05) is 13.8 Å². The number of hydrogen-bond donors (Lipinski definition) is 1. The molecule has 7 heteroatoms. The molecule has 1 heterocycles. The largest absolute Gasteiger partial charge is 0.467 e. The van der Waals surface area contributed by atoms with Crippen LogP contribution in [0, 0.1) is 5.92 Å². The molecule has 1 rings (SSSR count). The molecule has 1 aliphatic rings. The smallest absolute Gasteiger partial charge is 0.328 e. The summed E-state index contributed by atoms with van der Waals surface area (Å²) in [5, 5.41) is 2.68. The summed E-state index contributed by atoms with van der Waals surface area (Å²) in [5.41, 5.74) is 0. The van der Waals surface area contributed by atoms with Gasteiger partial charge in [0.1, 0.15) is 12.1 Å². The molecule has 6 nitrogen and oxygen atoms in total. The highest BCUT2D eigenvalue weighted by Gasteiger charge is 2.43. The minimum atomic E-state index is -0.699. The van der Waals surface area contributed by atoms with Gasteiger partial charge in [-0.3, -0.25) is 9.59 Å². The summed E-state index contributed by atoms with van der Waals surface area (Å²) in [7, 11) is 1.29. The summed E-state index contributed by atoms with van der Waals surface area (Å²) in [6, 6.07) is -1.26. The Morgan fingerprint density at radius 2 is 2.05 bits per heavy atom. The van der Waals surface area contributed by atoms with E-state index in [0.717, 1.165) is 0 Å². The van der Waals surface area contributed by atoms with E-state index < -0.39 is 22.9 Å². The number of nitrogens with zero attached hydrogens (tertiary/aromatic N) is 1. The monoisotopic (exact) mass is 302 g/mol. The summed E-state index contributed by atoms with van der Waals surface area (Å²) < 4.78 is 4.69. The minimum absolute atomic E-state index is 0.0850. The third kappa shape index (κ3) is 3.45. The molecule has 0 unspecified atom stereocenters. The van der Waals surface area contributed by atoms with Crippen molar-refractivity contribution in [3.8, 4) is 0 Å². The molecule has 2 amide bonds. The van der Waals surface area contributed by atoms with Crippen LogP contribution in [-0.2, 0) is 19.1 Å². The van der Waals surface area contributed by atoms with E-state index in [1.807, 2.05) is 27.7 Å². The number of rotatable bonds is 5. The second kappa shape index (κ2) is 6.47. The molecule has 0 bridgehead atoms. The molecule has 20 heavy (non-hydrogen) atoms. The number of hydrogen-bond acceptors (Lipinski definition) is 5. The maximum absolute atomic E-state index is 12.3. The number of esters is 1. The fourth-order valence-electron chi connectivity index (χ4n) is 2.09. The minimum Gasteiger partial charge on any atom is -0.467 e. The van der Waals surface area contributed by atoms with Gasteiger partial charge in [0.25, 0.3) is 0 Å². The van der Waals surface area contributed by atoms with Crippen molar-refractivity contribution in [2.24, 2.45) is 5.92 Å². The van der Waals surface area contributed by atoms with E-state index in [9.17, 15) is 14.4 Å². The van der Waals surface area contributed by atoms with Crippen molar-refractivity contribution in [1.29, 1.82) is 0 Å². The van der Waals surface area contributed by atoms with Crippen molar-refractivity contribution in [3.63, 3.8) is 0 Å². The van der Waals surface area contributed by atoms with Crippen LogP contribution in [0.2, 0.25) is 0 Å². The van der Waals surface area contributed by atoms with E-state index >= 15 is 0 Å². The Morgan fingerprint density at radius 1 is 1.45 bits per heavy atom. The zero-order valence-corrected chi connectivity index (χ0v) is 13.3. The Labute approximate surface area is 123 Å². The number of carbonyl (C=O) groups excluding carboxylic acids is 3. The van der Waals surface area contributed by atoms with Gasteiger partial charge in [-0.15, -0.1) is 11.8 Å². The molecule has 0 aromatic carbocycles. The van der Waals surface area contributed by atoms with Crippen LogP contribution in [0.5, 0.6) is 0 Å². The Morgan fingerprint density at radius 3 is 2.50 bits per heavy atom. The molecule has 0 saturated carbocycles. The van der Waals surface area contributed by atoms with Crippen LogP contribution in [0.1, 0.15) is 27.7 Å². The van der Waals surface area contributed by atoms with Crippen molar-refractivity contribution in [2.45, 2.75) is 44.6 Å². The molecule has 0 aromatic heterocycles. The average molecular weight is 302 g/mol. The van der Waals surface area contributed by atoms with Crippen molar-refractivity contribution in [3.05, 3.63) is 0 Å². The van der Waals surface area contributed by atoms with Gasteiger partial charge in [-0.2, -0.15) is 0 Å². The highest BCUT2D eigenvalue weighted by molar-refractivity contribution is 8.00. The second-order valence-corrected chi connectivity index (χ2v) is 7.16. The molecule has 0 aromatic rings. The fourth-order valence-corrected chi connectivity index (χ4v) is 3.29. The van der Waals surface area contributed by atoms with Gasteiger partial charge in [0.2, 0.25) is 12.3 Å². The Bertz CT molecular complexity index is 398. The first-order valence-electron chi connectivity index (χ1n) is 6.50. The molecule has 2 atom stereocenters. The van der Waals surface area contributed by atoms with E-state index in [0.29, 0.717) is 12.2 Å². The number of thioether (sulfide) groups is 1. The summed E-state index contributed by atoms with van der Waals surface area (Å²) >= 11 is 1.54. The number of amides is 2. The molecule has 114 valence electrons. The lowest BCUT2D eigenvalue weighted by Gasteiger charge is -2.31. The molecule has 1 saturated heterocycles. The topological polar surface area (TPSA) is 75.7 Å². The normalized spacial score (nSPS) is 22.5. The third-order valence-electron chi connectivity index (χ3n) is 3.39. The van der Waals surface area contributed by atoms with Crippen LogP contribution in [0.15, 0.2) is 0 Å². The predicted octanol–water partition coefficient (Wildman–Crippen LogP) is 0.610. The van der Waals surface area contributed by atoms with Crippen LogP contribution >= 0.6 is 11.8 Å². The van der Waals surface area contributed by atoms with Crippen molar-refractivity contribution >= 4 is 30.0 Å². The molecule has 1 fully saturated rings. The van der Waals surface area contributed by atoms with Crippen LogP contribution in [0.3, 0.4) is 0 Å². The maximum atomic E-state index is 12.3. The first kappa shape index (κ1) is 16.8. The first-order chi connectivity index (χ1) is 9.24. The van der Waals surface area contributed by atoms with Gasteiger partial charge in [0.05, 0.1) is 12.0 Å². The van der Waals surface area contributed by atoms with E-state index in [1.54, 1.807) is 0 Å². The Balaban J connectivity index is 2.80. The summed E-state index contributed by atoms with van der Waals surface area (Å²) in [6.07, 6.45) is 0.687. The number of nitrogens with one attached hydrogen (secondary N) is 1. The zero-order valence-electron chi connectivity index (χ0n) is 12.5. The van der Waals surface area contributed by atoms with E-state index in [1.165, 1.54) is 23.8 Å². The second-order valence-electron chi connectivity index (χ2n) is 5.54. The number of carbonyl (C=O) groups is 3. The lowest BCUT2D eigenvalue weighted by Crippen LogP contribution is -2.54. The van der Waals surface area contributed by atoms with Gasteiger partial charge < -0.3 is 15.0 Å². The third-order valence-corrected chi connectivity index (χ3v) is 4.79. The summed E-state index contributed by atoms with van der Waals surface area (Å²) in [4.78, 5) is 36.2. The van der Waals surface area contributed by atoms with Crippen LogP contribution in [0.4, 0.5) is 0 Å². The lowest BCUT2D eigenvalue weighted by molar-refractivity contribution is -0.147. The highest BCUT2D eigenvalue weighted by atomic mass is 32.2. The fraction of sp³-hybridized carbons (Fsp3) is 0.769. The average Bonchev–Trinajstić information content (AvgIpc) is 2.69. The standard InChI is InChI=1S/C13H22N2O4S/c1-8(2)10(12(18)19-5)14-11(17)9-6-20-13(3,4)15(9)7-16/h7-10H,6H2,1-5H3,(H,14,17)/t9-,10+/m1/s1.